The Labute approximate surface area is 204 Å². The molecule has 36 heavy (non-hydrogen) atoms. The van der Waals surface area contributed by atoms with Crippen molar-refractivity contribution in [2.45, 2.75) is 32.0 Å². The molecule has 2 N–H and O–H groups in total. The van der Waals surface area contributed by atoms with Crippen molar-refractivity contribution in [3.05, 3.63) is 101 Å². The van der Waals surface area contributed by atoms with E-state index < -0.39 is 23.5 Å². The van der Waals surface area contributed by atoms with Crippen LogP contribution in [0.2, 0.25) is 0 Å². The fraction of sp³-hybridized carbons (Fsp3) is 0.192. The van der Waals surface area contributed by atoms with E-state index in [1.54, 1.807) is 21.7 Å². The predicted molar refractivity (Wildman–Crippen MR) is 124 cm³/mol. The first-order chi connectivity index (χ1) is 17.3. The Balaban J connectivity index is 1.42. The average Bonchev–Trinajstić information content (AvgIpc) is 3.18. The molecule has 10 heteroatoms. The van der Waals surface area contributed by atoms with E-state index in [2.05, 4.69) is 10.3 Å². The van der Waals surface area contributed by atoms with Gasteiger partial charge in [0.25, 0.3) is 0 Å². The Kier molecular flexibility index (Phi) is 6.27. The van der Waals surface area contributed by atoms with Crippen molar-refractivity contribution >= 4 is 5.91 Å². The highest BCUT2D eigenvalue weighted by Crippen LogP contribution is 2.30. The van der Waals surface area contributed by atoms with Crippen LogP contribution < -0.4 is 5.73 Å². The number of fused-ring (bicyclic) bond motifs is 3. The molecule has 0 spiro atoms. The lowest BCUT2D eigenvalue weighted by Crippen LogP contribution is -2.36. The van der Waals surface area contributed by atoms with Crippen LogP contribution in [-0.2, 0) is 24.3 Å². The molecule has 0 fully saturated rings. The first-order valence-corrected chi connectivity index (χ1v) is 11.3. The van der Waals surface area contributed by atoms with Gasteiger partial charge in [-0.2, -0.15) is 0 Å². The molecule has 1 amide bonds. The molecule has 3 aromatic carbocycles. The van der Waals surface area contributed by atoms with Gasteiger partial charge in [-0.1, -0.05) is 23.4 Å². The number of hydrogen-bond acceptors (Lipinski definition) is 4. The minimum Gasteiger partial charge on any atom is -0.332 e. The number of para-hydroxylation sites is 1. The minimum absolute atomic E-state index is 0.101. The number of nitrogens with zero attached hydrogens (tertiary/aromatic N) is 4. The van der Waals surface area contributed by atoms with Crippen molar-refractivity contribution in [2.24, 2.45) is 5.73 Å². The highest BCUT2D eigenvalue weighted by atomic mass is 19.2. The normalized spacial score (nSPS) is 13.6. The topological polar surface area (TPSA) is 77.0 Å². The van der Waals surface area contributed by atoms with Gasteiger partial charge in [0.05, 0.1) is 17.9 Å². The van der Waals surface area contributed by atoms with Gasteiger partial charge in [-0.15, -0.1) is 5.10 Å². The van der Waals surface area contributed by atoms with Gasteiger partial charge in [-0.25, -0.2) is 22.2 Å². The van der Waals surface area contributed by atoms with E-state index in [1.165, 1.54) is 12.1 Å². The fourth-order valence-corrected chi connectivity index (χ4v) is 4.37. The quantitative estimate of drug-likeness (QED) is 0.331. The molecule has 5 rings (SSSR count). The maximum absolute atomic E-state index is 14.1. The molecular weight excluding hydrogens is 474 g/mol. The first-order valence-electron chi connectivity index (χ1n) is 11.3. The zero-order valence-corrected chi connectivity index (χ0v) is 19.0. The monoisotopic (exact) mass is 495 g/mol. The zero-order chi connectivity index (χ0) is 25.4. The average molecular weight is 495 g/mol. The maximum atomic E-state index is 14.1. The largest absolute Gasteiger partial charge is 0.332 e. The van der Waals surface area contributed by atoms with E-state index in [4.69, 9.17) is 5.73 Å². The number of rotatable bonds is 5. The number of nitrogens with two attached hydrogens (primary N) is 1. The highest BCUT2D eigenvalue weighted by molar-refractivity contribution is 5.77. The van der Waals surface area contributed by atoms with Crippen LogP contribution >= 0.6 is 0 Å². The number of carbonyl (C=O) groups excluding carboxylic acids is 1. The van der Waals surface area contributed by atoms with E-state index in [0.717, 1.165) is 17.3 Å². The summed E-state index contributed by atoms with van der Waals surface area (Å²) in [7, 11) is 0. The van der Waals surface area contributed by atoms with Crippen LogP contribution in [0.1, 0.15) is 23.2 Å². The molecule has 2 heterocycles. The fourth-order valence-electron chi connectivity index (χ4n) is 4.37. The third kappa shape index (κ3) is 4.59. The summed E-state index contributed by atoms with van der Waals surface area (Å²) in [5.41, 5.74) is 9.41. The molecule has 6 nitrogen and oxygen atoms in total. The molecule has 1 aromatic heterocycles. The lowest BCUT2D eigenvalue weighted by molar-refractivity contribution is -0.132. The van der Waals surface area contributed by atoms with Crippen LogP contribution in [-0.4, -0.2) is 31.8 Å². The molecule has 4 aromatic rings. The number of benzene rings is 3. The number of amides is 1. The molecule has 184 valence electrons. The minimum atomic E-state index is -1.29. The van der Waals surface area contributed by atoms with Gasteiger partial charge in [0, 0.05) is 30.6 Å². The molecular formula is C26H21F4N5O. The number of halogens is 4. The lowest BCUT2D eigenvalue weighted by Gasteiger charge is -2.23. The summed E-state index contributed by atoms with van der Waals surface area (Å²) >= 11 is 0. The summed E-state index contributed by atoms with van der Waals surface area (Å²) in [5, 5.41) is 8.59. The second-order valence-electron chi connectivity index (χ2n) is 8.71. The van der Waals surface area contributed by atoms with Gasteiger partial charge in [-0.05, 0) is 53.9 Å². The van der Waals surface area contributed by atoms with Crippen LogP contribution in [0.4, 0.5) is 17.6 Å². The number of hydrogen-bond donors (Lipinski definition) is 1. The molecule has 0 bridgehead atoms. The van der Waals surface area contributed by atoms with Crippen molar-refractivity contribution in [2.75, 3.05) is 0 Å². The summed E-state index contributed by atoms with van der Waals surface area (Å²) in [6.07, 6.45) is -0.284. The van der Waals surface area contributed by atoms with Crippen LogP contribution in [0.25, 0.3) is 16.9 Å². The van der Waals surface area contributed by atoms with Crippen LogP contribution in [0.15, 0.2) is 60.7 Å². The Morgan fingerprint density at radius 2 is 1.67 bits per heavy atom. The molecule has 0 saturated heterocycles. The first kappa shape index (κ1) is 23.7. The summed E-state index contributed by atoms with van der Waals surface area (Å²) in [6.45, 7) is 0.424. The van der Waals surface area contributed by atoms with Crippen LogP contribution in [0, 0.1) is 23.3 Å². The second-order valence-corrected chi connectivity index (χ2v) is 8.71. The smallest absolute Gasteiger partial charge is 0.224 e. The van der Waals surface area contributed by atoms with Crippen LogP contribution in [0.3, 0.4) is 0 Å². The third-order valence-electron chi connectivity index (χ3n) is 6.16. The van der Waals surface area contributed by atoms with Crippen molar-refractivity contribution in [3.63, 3.8) is 0 Å². The predicted octanol–water partition coefficient (Wildman–Crippen LogP) is 4.29. The summed E-state index contributed by atoms with van der Waals surface area (Å²) in [4.78, 5) is 14.9. The van der Waals surface area contributed by atoms with Gasteiger partial charge in [0.1, 0.15) is 17.3 Å². The lowest BCUT2D eigenvalue weighted by atomic mass is 10.0. The number of carbonyl (C=O) groups is 1. The Morgan fingerprint density at radius 1 is 0.944 bits per heavy atom. The summed E-state index contributed by atoms with van der Waals surface area (Å²) in [5.74, 6) is -4.07. The molecule has 0 saturated carbocycles. The van der Waals surface area contributed by atoms with Crippen molar-refractivity contribution in [1.82, 2.24) is 19.9 Å². The Morgan fingerprint density at radius 3 is 2.44 bits per heavy atom. The van der Waals surface area contributed by atoms with E-state index in [-0.39, 0.29) is 43.2 Å². The van der Waals surface area contributed by atoms with E-state index in [0.29, 0.717) is 23.0 Å². The molecule has 0 radical (unpaired) electrons. The molecule has 1 unspecified atom stereocenters. The van der Waals surface area contributed by atoms with Crippen LogP contribution in [0.5, 0.6) is 0 Å². The summed E-state index contributed by atoms with van der Waals surface area (Å²) in [6, 6.07) is 13.7. The highest BCUT2D eigenvalue weighted by Gasteiger charge is 2.28. The SMILES string of the molecule is NC(CC(=O)N1Cc2ccccc2-n2nnc(-c3ccc(F)cc3)c2C1)Cc1cc(F)c(F)cc1F. The number of aromatic nitrogens is 3. The zero-order valence-electron chi connectivity index (χ0n) is 19.0. The van der Waals surface area contributed by atoms with Crippen molar-refractivity contribution < 1.29 is 22.4 Å². The Hall–Kier alpha value is -4.05. The molecule has 1 aliphatic rings. The van der Waals surface area contributed by atoms with E-state index >= 15 is 0 Å². The molecule has 0 aliphatic carbocycles. The van der Waals surface area contributed by atoms with E-state index in [9.17, 15) is 22.4 Å². The standard InChI is InChI=1S/C26H21F4N5O/c27-18-7-5-15(6-8-18)26-24-14-34(13-16-3-1-2-4-23(16)35(24)33-32-26)25(36)11-19(31)9-17-10-21(29)22(30)12-20(17)28/h1-8,10,12,19H,9,11,13-14,31H2. The third-order valence-corrected chi connectivity index (χ3v) is 6.16. The van der Waals surface area contributed by atoms with Crippen molar-refractivity contribution in [3.8, 4) is 16.9 Å². The van der Waals surface area contributed by atoms with E-state index in [1.807, 2.05) is 24.3 Å². The molecule has 1 atom stereocenters. The van der Waals surface area contributed by atoms with Gasteiger partial charge in [-0.3, -0.25) is 4.79 Å². The molecule has 1 aliphatic heterocycles. The Bertz CT molecular complexity index is 1440. The van der Waals surface area contributed by atoms with Crippen molar-refractivity contribution in [1.29, 1.82) is 0 Å². The van der Waals surface area contributed by atoms with Gasteiger partial charge < -0.3 is 10.6 Å². The summed E-state index contributed by atoms with van der Waals surface area (Å²) < 4.78 is 56.0. The maximum Gasteiger partial charge on any atom is 0.224 e. The van der Waals surface area contributed by atoms with Gasteiger partial charge in [0.2, 0.25) is 5.91 Å². The second kappa shape index (κ2) is 9.54. The van der Waals surface area contributed by atoms with Gasteiger partial charge in [0.15, 0.2) is 11.6 Å². The van der Waals surface area contributed by atoms with Gasteiger partial charge >= 0.3 is 0 Å².